The van der Waals surface area contributed by atoms with Gasteiger partial charge in [0, 0.05) is 11.5 Å². The zero-order valence-corrected chi connectivity index (χ0v) is 24.4. The quantitative estimate of drug-likeness (QED) is 0.430. The van der Waals surface area contributed by atoms with Gasteiger partial charge in [0.1, 0.15) is 0 Å². The van der Waals surface area contributed by atoms with Crippen LogP contribution < -0.4 is 9.46 Å². The summed E-state index contributed by atoms with van der Waals surface area (Å²) in [5.41, 5.74) is 7.81. The molecule has 1 amide bonds. The lowest BCUT2D eigenvalue weighted by Crippen LogP contribution is -2.33. The molecule has 0 saturated heterocycles. The summed E-state index contributed by atoms with van der Waals surface area (Å²) in [7, 11) is -4.14. The van der Waals surface area contributed by atoms with Crippen molar-refractivity contribution in [2.75, 3.05) is 13.2 Å². The monoisotopic (exact) mass is 563 g/mol. The Morgan fingerprint density at radius 3 is 2.42 bits per heavy atom. The van der Waals surface area contributed by atoms with E-state index in [9.17, 15) is 13.2 Å². The standard InChI is InChI=1S/C31H37N3O5S/c1-19(2)25-12-23(22-6-5-21-7-10-38-16-24(21)11-22)13-26(20(3)4)27(25)14-28(35)33-40(36,37)29-15-30-34(32-29)17-31(8-9-31)18-39-30/h5-6,11-13,15,19-20H,7-10,14,16-18H2,1-4H3,(H,33,35). The highest BCUT2D eigenvalue weighted by Crippen LogP contribution is 2.50. The van der Waals surface area contributed by atoms with E-state index in [0.29, 0.717) is 25.6 Å². The van der Waals surface area contributed by atoms with Gasteiger partial charge in [-0.2, -0.15) is 13.5 Å². The average Bonchev–Trinajstić information content (AvgIpc) is 3.51. The number of benzene rings is 2. The van der Waals surface area contributed by atoms with E-state index < -0.39 is 15.9 Å². The molecular weight excluding hydrogens is 526 g/mol. The lowest BCUT2D eigenvalue weighted by atomic mass is 9.83. The summed E-state index contributed by atoms with van der Waals surface area (Å²) in [4.78, 5) is 13.3. The van der Waals surface area contributed by atoms with E-state index >= 15 is 0 Å². The Hall–Kier alpha value is -3.17. The number of aromatic nitrogens is 2. The maximum absolute atomic E-state index is 13.3. The van der Waals surface area contributed by atoms with E-state index in [1.807, 2.05) is 0 Å². The second-order valence-corrected chi connectivity index (χ2v) is 13.8. The Morgan fingerprint density at radius 1 is 1.02 bits per heavy atom. The Kier molecular flexibility index (Phi) is 6.78. The van der Waals surface area contributed by atoms with Crippen molar-refractivity contribution in [2.24, 2.45) is 5.41 Å². The summed E-state index contributed by atoms with van der Waals surface area (Å²) >= 11 is 0. The van der Waals surface area contributed by atoms with Crippen molar-refractivity contribution in [1.82, 2.24) is 14.5 Å². The molecule has 40 heavy (non-hydrogen) atoms. The van der Waals surface area contributed by atoms with Crippen molar-refractivity contribution in [3.05, 3.63) is 64.2 Å². The minimum absolute atomic E-state index is 0.0360. The van der Waals surface area contributed by atoms with Crippen molar-refractivity contribution in [2.45, 2.75) is 83.4 Å². The topological polar surface area (TPSA) is 99.5 Å². The predicted molar refractivity (Wildman–Crippen MR) is 152 cm³/mol. The van der Waals surface area contributed by atoms with Gasteiger partial charge < -0.3 is 9.47 Å². The first-order valence-electron chi connectivity index (χ1n) is 14.2. The number of rotatable bonds is 7. The molecule has 1 N–H and O–H groups in total. The lowest BCUT2D eigenvalue weighted by molar-refractivity contribution is -0.118. The van der Waals surface area contributed by atoms with Gasteiger partial charge in [0.25, 0.3) is 10.0 Å². The van der Waals surface area contributed by atoms with Gasteiger partial charge in [-0.05, 0) is 76.1 Å². The van der Waals surface area contributed by atoms with E-state index in [2.05, 4.69) is 67.8 Å². The fourth-order valence-corrected chi connectivity index (χ4v) is 6.81. The second-order valence-electron chi connectivity index (χ2n) is 12.2. The number of hydrogen-bond donors (Lipinski definition) is 1. The first-order valence-corrected chi connectivity index (χ1v) is 15.6. The molecule has 3 heterocycles. The minimum atomic E-state index is -4.14. The van der Waals surface area contributed by atoms with Crippen LogP contribution in [-0.4, -0.2) is 37.3 Å². The smallest absolute Gasteiger partial charge is 0.283 e. The molecule has 1 aromatic heterocycles. The minimum Gasteiger partial charge on any atom is -0.477 e. The van der Waals surface area contributed by atoms with Gasteiger partial charge in [-0.3, -0.25) is 4.79 Å². The van der Waals surface area contributed by atoms with Crippen molar-refractivity contribution >= 4 is 15.9 Å². The molecule has 0 unspecified atom stereocenters. The molecule has 2 aromatic carbocycles. The molecule has 2 aliphatic heterocycles. The molecule has 1 saturated carbocycles. The molecule has 0 atom stereocenters. The van der Waals surface area contributed by atoms with Crippen LogP contribution in [0.25, 0.3) is 11.1 Å². The largest absolute Gasteiger partial charge is 0.477 e. The number of carbonyl (C=O) groups is 1. The summed E-state index contributed by atoms with van der Waals surface area (Å²) < 4.78 is 41.6. The first kappa shape index (κ1) is 27.0. The Bertz CT molecular complexity index is 1560. The Balaban J connectivity index is 1.27. The zero-order valence-electron chi connectivity index (χ0n) is 23.6. The van der Waals surface area contributed by atoms with E-state index in [0.717, 1.165) is 53.7 Å². The van der Waals surface area contributed by atoms with Crippen LogP contribution in [0.2, 0.25) is 0 Å². The number of ether oxygens (including phenoxy) is 2. The number of fused-ring (bicyclic) bond motifs is 2. The van der Waals surface area contributed by atoms with Gasteiger partial charge in [-0.25, -0.2) is 9.40 Å². The number of nitrogens with zero attached hydrogens (tertiary/aromatic N) is 2. The predicted octanol–water partition coefficient (Wildman–Crippen LogP) is 5.09. The third-order valence-corrected chi connectivity index (χ3v) is 9.67. The normalized spacial score (nSPS) is 17.4. The number of carbonyl (C=O) groups excluding carboxylic acids is 1. The van der Waals surface area contributed by atoms with Gasteiger partial charge >= 0.3 is 0 Å². The average molecular weight is 564 g/mol. The highest BCUT2D eigenvalue weighted by Gasteiger charge is 2.47. The summed E-state index contributed by atoms with van der Waals surface area (Å²) in [6.07, 6.45) is 3.00. The molecule has 0 bridgehead atoms. The van der Waals surface area contributed by atoms with Crippen molar-refractivity contribution < 1.29 is 22.7 Å². The van der Waals surface area contributed by atoms with Crippen LogP contribution in [0.5, 0.6) is 5.88 Å². The molecule has 212 valence electrons. The fourth-order valence-electron chi connectivity index (χ4n) is 5.87. The van der Waals surface area contributed by atoms with Crippen LogP contribution >= 0.6 is 0 Å². The van der Waals surface area contributed by atoms with Crippen LogP contribution in [-0.2, 0) is 45.5 Å². The van der Waals surface area contributed by atoms with Crippen LogP contribution in [0, 0.1) is 5.41 Å². The summed E-state index contributed by atoms with van der Waals surface area (Å²) in [5, 5.41) is 4.08. The number of nitrogens with one attached hydrogen (secondary N) is 1. The molecule has 3 aliphatic rings. The Morgan fingerprint density at radius 2 is 1.75 bits per heavy atom. The maximum atomic E-state index is 13.3. The van der Waals surface area contributed by atoms with Crippen molar-refractivity contribution in [3.8, 4) is 17.0 Å². The van der Waals surface area contributed by atoms with Gasteiger partial charge in [0.05, 0.1) is 32.8 Å². The third-order valence-electron chi connectivity index (χ3n) is 8.43. The van der Waals surface area contributed by atoms with E-state index in [1.165, 1.54) is 17.2 Å². The summed E-state index contributed by atoms with van der Waals surface area (Å²) in [6, 6.07) is 12.2. The highest BCUT2D eigenvalue weighted by molar-refractivity contribution is 7.90. The van der Waals surface area contributed by atoms with Crippen LogP contribution in [0.3, 0.4) is 0 Å². The molecule has 9 heteroatoms. The summed E-state index contributed by atoms with van der Waals surface area (Å²) in [5.74, 6) is 0.140. The number of sulfonamides is 1. The molecule has 1 aliphatic carbocycles. The van der Waals surface area contributed by atoms with Gasteiger partial charge in [-0.15, -0.1) is 0 Å². The highest BCUT2D eigenvalue weighted by atomic mass is 32.2. The molecule has 8 nitrogen and oxygen atoms in total. The van der Waals surface area contributed by atoms with Crippen LogP contribution in [0.4, 0.5) is 0 Å². The first-order chi connectivity index (χ1) is 19.0. The van der Waals surface area contributed by atoms with E-state index in [1.54, 1.807) is 4.68 Å². The number of hydrogen-bond acceptors (Lipinski definition) is 6. The molecule has 3 aromatic rings. The van der Waals surface area contributed by atoms with E-state index in [4.69, 9.17) is 9.47 Å². The Labute approximate surface area is 236 Å². The molecule has 0 radical (unpaired) electrons. The molecule has 1 spiro atoms. The van der Waals surface area contributed by atoms with Crippen molar-refractivity contribution in [3.63, 3.8) is 0 Å². The zero-order chi connectivity index (χ0) is 28.2. The fraction of sp³-hybridized carbons (Fsp3) is 0.484. The molecule has 1 fully saturated rings. The lowest BCUT2D eigenvalue weighted by Gasteiger charge is -2.23. The number of amides is 1. The SMILES string of the molecule is CC(C)c1cc(-c2ccc3c(c2)COCC3)cc(C(C)C)c1CC(=O)NS(=O)(=O)c1cc2n(n1)CC1(CC1)CO2. The van der Waals surface area contributed by atoms with Gasteiger partial charge in [0.2, 0.25) is 16.8 Å². The van der Waals surface area contributed by atoms with Gasteiger partial charge in [-0.1, -0.05) is 52.0 Å². The maximum Gasteiger partial charge on any atom is 0.283 e. The van der Waals surface area contributed by atoms with Gasteiger partial charge in [0.15, 0.2) is 0 Å². The second kappa shape index (κ2) is 10.0. The molecular formula is C31H37N3O5S. The van der Waals surface area contributed by atoms with Crippen LogP contribution in [0.15, 0.2) is 41.4 Å². The van der Waals surface area contributed by atoms with Crippen molar-refractivity contribution in [1.29, 1.82) is 0 Å². The van der Waals surface area contributed by atoms with Crippen LogP contribution in [0.1, 0.15) is 80.2 Å². The third kappa shape index (κ3) is 5.17. The molecule has 6 rings (SSSR count). The van der Waals surface area contributed by atoms with E-state index in [-0.39, 0.29) is 28.7 Å². The summed E-state index contributed by atoms with van der Waals surface area (Å²) in [6.45, 7) is 11.0.